The predicted molar refractivity (Wildman–Crippen MR) is 78.7 cm³/mol. The first kappa shape index (κ1) is 16.0. The Kier molecular flexibility index (Phi) is 4.55. The van der Waals surface area contributed by atoms with Crippen LogP contribution < -0.4 is 0 Å². The van der Waals surface area contributed by atoms with Crippen LogP contribution in [0.2, 0.25) is 0 Å². The van der Waals surface area contributed by atoms with Crippen LogP contribution in [0.4, 0.5) is 0 Å². The molecule has 108 valence electrons. The molecule has 18 heavy (non-hydrogen) atoms. The van der Waals surface area contributed by atoms with Crippen molar-refractivity contribution in [2.45, 2.75) is 78.9 Å². The van der Waals surface area contributed by atoms with E-state index < -0.39 is 5.60 Å². The van der Waals surface area contributed by atoms with Gasteiger partial charge in [0.05, 0.1) is 5.60 Å². The third kappa shape index (κ3) is 4.55. The minimum Gasteiger partial charge on any atom is -0.390 e. The van der Waals surface area contributed by atoms with Crippen molar-refractivity contribution in [3.63, 3.8) is 0 Å². The molecule has 0 aromatic carbocycles. The molecular weight excluding hydrogens is 222 g/mol. The fourth-order valence-corrected chi connectivity index (χ4v) is 3.52. The van der Waals surface area contributed by atoms with Crippen LogP contribution in [0, 0.1) is 11.3 Å². The van der Waals surface area contributed by atoms with Gasteiger partial charge in [0.1, 0.15) is 0 Å². The topological polar surface area (TPSA) is 23.5 Å². The minimum absolute atomic E-state index is 0.0983. The third-order valence-corrected chi connectivity index (χ3v) is 4.44. The van der Waals surface area contributed by atoms with Gasteiger partial charge in [0.15, 0.2) is 0 Å². The van der Waals surface area contributed by atoms with E-state index in [1.54, 1.807) is 0 Å². The summed E-state index contributed by atoms with van der Waals surface area (Å²) in [7, 11) is 0. The molecule has 1 aliphatic heterocycles. The molecule has 1 aliphatic rings. The molecule has 0 aromatic heterocycles. The van der Waals surface area contributed by atoms with Crippen LogP contribution in [0.3, 0.4) is 0 Å². The van der Waals surface area contributed by atoms with Gasteiger partial charge in [-0.15, -0.1) is 0 Å². The summed E-state index contributed by atoms with van der Waals surface area (Å²) in [4.78, 5) is 2.56. The Morgan fingerprint density at radius 3 is 1.72 bits per heavy atom. The summed E-state index contributed by atoms with van der Waals surface area (Å²) in [5.74, 6) is 0.840. The molecule has 1 heterocycles. The second-order valence-corrected chi connectivity index (χ2v) is 8.43. The second kappa shape index (κ2) is 5.13. The van der Waals surface area contributed by atoms with Crippen molar-refractivity contribution in [1.29, 1.82) is 0 Å². The van der Waals surface area contributed by atoms with E-state index in [0.29, 0.717) is 5.41 Å². The highest BCUT2D eigenvalue weighted by Gasteiger charge is 2.36. The number of likely N-dealkylation sites (tertiary alicyclic amines) is 1. The van der Waals surface area contributed by atoms with E-state index >= 15 is 0 Å². The van der Waals surface area contributed by atoms with Crippen LogP contribution in [0.25, 0.3) is 0 Å². The summed E-state index contributed by atoms with van der Waals surface area (Å²) in [5, 5.41) is 10.0. The number of rotatable bonds is 3. The van der Waals surface area contributed by atoms with Crippen LogP contribution in [-0.4, -0.2) is 34.2 Å². The number of hydrogen-bond acceptors (Lipinski definition) is 2. The van der Waals surface area contributed by atoms with Gasteiger partial charge in [0.25, 0.3) is 0 Å². The van der Waals surface area contributed by atoms with Gasteiger partial charge in [-0.3, -0.25) is 4.90 Å². The van der Waals surface area contributed by atoms with Crippen LogP contribution in [0.1, 0.15) is 67.7 Å². The van der Waals surface area contributed by atoms with Gasteiger partial charge in [0.2, 0.25) is 0 Å². The van der Waals surface area contributed by atoms with E-state index in [-0.39, 0.29) is 5.54 Å². The van der Waals surface area contributed by atoms with Crippen molar-refractivity contribution in [2.24, 2.45) is 11.3 Å². The van der Waals surface area contributed by atoms with Crippen molar-refractivity contribution < 1.29 is 5.11 Å². The Labute approximate surface area is 114 Å². The second-order valence-electron chi connectivity index (χ2n) is 8.43. The monoisotopic (exact) mass is 255 g/mol. The Morgan fingerprint density at radius 2 is 1.39 bits per heavy atom. The Balaban J connectivity index is 2.57. The summed E-state index contributed by atoms with van der Waals surface area (Å²) < 4.78 is 0. The van der Waals surface area contributed by atoms with Gasteiger partial charge in [-0.05, 0) is 71.4 Å². The lowest BCUT2D eigenvalue weighted by Crippen LogP contribution is -2.52. The molecule has 0 atom stereocenters. The first-order valence-corrected chi connectivity index (χ1v) is 7.39. The van der Waals surface area contributed by atoms with Crippen LogP contribution in [-0.2, 0) is 0 Å². The van der Waals surface area contributed by atoms with E-state index in [4.69, 9.17) is 0 Å². The molecule has 0 aromatic rings. The predicted octanol–water partition coefficient (Wildman–Crippen LogP) is 3.68. The van der Waals surface area contributed by atoms with Gasteiger partial charge in [-0.2, -0.15) is 0 Å². The van der Waals surface area contributed by atoms with Crippen molar-refractivity contribution in [1.82, 2.24) is 4.90 Å². The van der Waals surface area contributed by atoms with Gasteiger partial charge in [-0.25, -0.2) is 0 Å². The van der Waals surface area contributed by atoms with E-state index in [9.17, 15) is 5.11 Å². The number of aliphatic hydroxyl groups is 1. The quantitative estimate of drug-likeness (QED) is 0.831. The summed E-state index contributed by atoms with van der Waals surface area (Å²) in [6, 6.07) is 0. The standard InChI is InChI=1S/C16H33NO/c1-14(2,3)13-8-10-17(11-9-13)15(4,5)12-16(6,7)18/h13,18H,8-12H2,1-7H3. The normalized spacial score (nSPS) is 21.3. The molecular formula is C16H33NO. The van der Waals surface area contributed by atoms with Crippen molar-refractivity contribution in [3.8, 4) is 0 Å². The summed E-state index contributed by atoms with van der Waals surface area (Å²) in [6.07, 6.45) is 3.41. The van der Waals surface area contributed by atoms with Crippen LogP contribution in [0.15, 0.2) is 0 Å². The maximum Gasteiger partial charge on any atom is 0.0609 e. The average molecular weight is 255 g/mol. The maximum absolute atomic E-state index is 10.0. The summed E-state index contributed by atoms with van der Waals surface area (Å²) in [5.41, 5.74) is -0.0437. The molecule has 0 radical (unpaired) electrons. The lowest BCUT2D eigenvalue weighted by atomic mass is 9.74. The van der Waals surface area contributed by atoms with Crippen LogP contribution in [0.5, 0.6) is 0 Å². The summed E-state index contributed by atoms with van der Waals surface area (Å²) >= 11 is 0. The van der Waals surface area contributed by atoms with Gasteiger partial charge < -0.3 is 5.11 Å². The number of nitrogens with zero attached hydrogens (tertiary/aromatic N) is 1. The van der Waals surface area contributed by atoms with Gasteiger partial charge in [0, 0.05) is 5.54 Å². The molecule has 2 heteroatoms. The Morgan fingerprint density at radius 1 is 0.944 bits per heavy atom. The molecule has 1 N–H and O–H groups in total. The first-order chi connectivity index (χ1) is 7.92. The molecule has 0 spiro atoms. The molecule has 0 bridgehead atoms. The molecule has 2 nitrogen and oxygen atoms in total. The van der Waals surface area contributed by atoms with E-state index in [2.05, 4.69) is 39.5 Å². The lowest BCUT2D eigenvalue weighted by Gasteiger charge is -2.47. The molecule has 1 saturated heterocycles. The highest BCUT2D eigenvalue weighted by molar-refractivity contribution is 4.91. The van der Waals surface area contributed by atoms with Gasteiger partial charge in [-0.1, -0.05) is 20.8 Å². The molecule has 0 aliphatic carbocycles. The van der Waals surface area contributed by atoms with Crippen molar-refractivity contribution in [2.75, 3.05) is 13.1 Å². The lowest BCUT2D eigenvalue weighted by molar-refractivity contribution is -0.0195. The highest BCUT2D eigenvalue weighted by atomic mass is 16.3. The highest BCUT2D eigenvalue weighted by Crippen LogP contribution is 2.37. The first-order valence-electron chi connectivity index (χ1n) is 7.39. The Hall–Kier alpha value is -0.0800. The maximum atomic E-state index is 10.0. The number of piperidine rings is 1. The number of hydrogen-bond donors (Lipinski definition) is 1. The fourth-order valence-electron chi connectivity index (χ4n) is 3.52. The largest absolute Gasteiger partial charge is 0.390 e. The third-order valence-electron chi connectivity index (χ3n) is 4.44. The summed E-state index contributed by atoms with van der Waals surface area (Å²) in [6.45, 7) is 17.8. The molecule has 0 amide bonds. The molecule has 0 saturated carbocycles. The SMILES string of the molecule is CC(C)(O)CC(C)(C)N1CCC(C(C)(C)C)CC1. The Bertz CT molecular complexity index is 262. The minimum atomic E-state index is -0.579. The van der Waals surface area contributed by atoms with Crippen molar-refractivity contribution >= 4 is 0 Å². The molecule has 1 fully saturated rings. The smallest absolute Gasteiger partial charge is 0.0609 e. The van der Waals surface area contributed by atoms with Crippen molar-refractivity contribution in [3.05, 3.63) is 0 Å². The van der Waals surface area contributed by atoms with E-state index in [1.165, 1.54) is 25.9 Å². The average Bonchev–Trinajstić information content (AvgIpc) is 2.13. The zero-order valence-corrected chi connectivity index (χ0v) is 13.5. The molecule has 0 unspecified atom stereocenters. The fraction of sp³-hybridized carbons (Fsp3) is 1.00. The van der Waals surface area contributed by atoms with Gasteiger partial charge >= 0.3 is 0 Å². The zero-order valence-electron chi connectivity index (χ0n) is 13.5. The zero-order chi connectivity index (χ0) is 14.2. The molecule has 1 rings (SSSR count). The van der Waals surface area contributed by atoms with E-state index in [0.717, 1.165) is 12.3 Å². The van der Waals surface area contributed by atoms with Crippen LogP contribution >= 0.6 is 0 Å². The van der Waals surface area contributed by atoms with E-state index in [1.807, 2.05) is 13.8 Å².